The number of ether oxygens (including phenoxy) is 1. The molecule has 0 saturated carbocycles. The molecule has 0 unspecified atom stereocenters. The highest BCUT2D eigenvalue weighted by Crippen LogP contribution is 2.28. The van der Waals surface area contributed by atoms with Crippen LogP contribution in [0.1, 0.15) is 25.8 Å². The van der Waals surface area contributed by atoms with Crippen molar-refractivity contribution in [2.75, 3.05) is 20.2 Å². The zero-order valence-electron chi connectivity index (χ0n) is 18.6. The molecule has 172 valence electrons. The second kappa shape index (κ2) is 11.7. The Balaban J connectivity index is 2.28. The Bertz CT molecular complexity index is 929. The number of carbonyl (C=O) groups excluding carboxylic acids is 1. The van der Waals surface area contributed by atoms with E-state index in [1.165, 1.54) is 12.0 Å². The van der Waals surface area contributed by atoms with Crippen molar-refractivity contribution in [3.8, 4) is 16.9 Å². The van der Waals surface area contributed by atoms with Gasteiger partial charge in [0.25, 0.3) is 0 Å². The maximum absolute atomic E-state index is 12.8. The monoisotopic (exact) mass is 442 g/mol. The van der Waals surface area contributed by atoms with Crippen molar-refractivity contribution >= 4 is 18.0 Å². The van der Waals surface area contributed by atoms with E-state index in [1.54, 1.807) is 12.1 Å². The second-order valence-corrected chi connectivity index (χ2v) is 7.92. The lowest BCUT2D eigenvalue weighted by molar-refractivity contribution is -0.139. The average molecular weight is 443 g/mol. The SMILES string of the molecule is COc1ccc(-c2ccccc2)c(C[C@H](NC(=O)N(CCC(=O)O)CC(C)C)C(=O)O)c1. The minimum absolute atomic E-state index is 0.000110. The highest BCUT2D eigenvalue weighted by Gasteiger charge is 2.25. The summed E-state index contributed by atoms with van der Waals surface area (Å²) in [6, 6.07) is 13.2. The lowest BCUT2D eigenvalue weighted by Gasteiger charge is -2.26. The zero-order chi connectivity index (χ0) is 23.7. The number of rotatable bonds is 11. The summed E-state index contributed by atoms with van der Waals surface area (Å²) >= 11 is 0. The van der Waals surface area contributed by atoms with E-state index < -0.39 is 24.0 Å². The molecule has 0 fully saturated rings. The smallest absolute Gasteiger partial charge is 0.326 e. The lowest BCUT2D eigenvalue weighted by Crippen LogP contribution is -2.50. The number of amides is 2. The van der Waals surface area contributed by atoms with Gasteiger partial charge >= 0.3 is 18.0 Å². The van der Waals surface area contributed by atoms with Crippen LogP contribution in [-0.4, -0.2) is 59.3 Å². The first-order chi connectivity index (χ1) is 15.2. The summed E-state index contributed by atoms with van der Waals surface area (Å²) in [6.07, 6.45) is -0.178. The summed E-state index contributed by atoms with van der Waals surface area (Å²) in [7, 11) is 1.53. The van der Waals surface area contributed by atoms with Gasteiger partial charge in [-0.25, -0.2) is 9.59 Å². The van der Waals surface area contributed by atoms with E-state index in [9.17, 15) is 19.5 Å². The van der Waals surface area contributed by atoms with Crippen molar-refractivity contribution in [1.82, 2.24) is 10.2 Å². The number of carboxylic acid groups (broad SMARTS) is 2. The van der Waals surface area contributed by atoms with Crippen molar-refractivity contribution in [3.63, 3.8) is 0 Å². The number of nitrogens with one attached hydrogen (secondary N) is 1. The van der Waals surface area contributed by atoms with Gasteiger partial charge in [-0.15, -0.1) is 0 Å². The van der Waals surface area contributed by atoms with Gasteiger partial charge in [-0.1, -0.05) is 50.2 Å². The molecule has 0 bridgehead atoms. The number of aliphatic carboxylic acids is 2. The maximum atomic E-state index is 12.8. The number of methoxy groups -OCH3 is 1. The highest BCUT2D eigenvalue weighted by molar-refractivity contribution is 5.83. The minimum atomic E-state index is -1.20. The van der Waals surface area contributed by atoms with Crippen molar-refractivity contribution < 1.29 is 29.3 Å². The molecule has 2 rings (SSSR count). The molecule has 0 radical (unpaired) electrons. The summed E-state index contributed by atoms with van der Waals surface area (Å²) in [4.78, 5) is 37.1. The molecule has 1 atom stereocenters. The van der Waals surface area contributed by atoms with E-state index in [1.807, 2.05) is 50.2 Å². The van der Waals surface area contributed by atoms with Gasteiger partial charge in [0.2, 0.25) is 0 Å². The first-order valence-electron chi connectivity index (χ1n) is 10.4. The molecule has 32 heavy (non-hydrogen) atoms. The van der Waals surface area contributed by atoms with Gasteiger partial charge in [0, 0.05) is 19.5 Å². The Morgan fingerprint density at radius 3 is 2.31 bits per heavy atom. The van der Waals surface area contributed by atoms with Gasteiger partial charge in [-0.05, 0) is 34.7 Å². The van der Waals surface area contributed by atoms with Crippen LogP contribution in [0.15, 0.2) is 48.5 Å². The van der Waals surface area contributed by atoms with Crippen LogP contribution in [0.3, 0.4) is 0 Å². The first-order valence-corrected chi connectivity index (χ1v) is 10.4. The van der Waals surface area contributed by atoms with Crippen LogP contribution < -0.4 is 10.1 Å². The quantitative estimate of drug-likeness (QED) is 0.490. The topological polar surface area (TPSA) is 116 Å². The number of hydrogen-bond donors (Lipinski definition) is 3. The highest BCUT2D eigenvalue weighted by atomic mass is 16.5. The van der Waals surface area contributed by atoms with Gasteiger partial charge in [-0.3, -0.25) is 4.79 Å². The molecule has 8 heteroatoms. The van der Waals surface area contributed by atoms with E-state index in [2.05, 4.69) is 5.32 Å². The number of carbonyl (C=O) groups is 3. The van der Waals surface area contributed by atoms with Crippen molar-refractivity contribution in [3.05, 3.63) is 54.1 Å². The minimum Gasteiger partial charge on any atom is -0.497 e. The molecule has 3 N–H and O–H groups in total. The van der Waals surface area contributed by atoms with E-state index in [-0.39, 0.29) is 25.3 Å². The molecular weight excluding hydrogens is 412 g/mol. The fraction of sp³-hybridized carbons (Fsp3) is 0.375. The van der Waals surface area contributed by atoms with Crippen LogP contribution in [0.4, 0.5) is 4.79 Å². The lowest BCUT2D eigenvalue weighted by atomic mass is 9.94. The van der Waals surface area contributed by atoms with Crippen molar-refractivity contribution in [2.45, 2.75) is 32.7 Å². The molecule has 0 aliphatic heterocycles. The Morgan fingerprint density at radius 1 is 1.06 bits per heavy atom. The van der Waals surface area contributed by atoms with Gasteiger partial charge in [0.1, 0.15) is 11.8 Å². The summed E-state index contributed by atoms with van der Waals surface area (Å²) in [5, 5.41) is 21.3. The summed E-state index contributed by atoms with van der Waals surface area (Å²) in [6.45, 7) is 4.12. The summed E-state index contributed by atoms with van der Waals surface area (Å²) in [5.74, 6) is -1.52. The maximum Gasteiger partial charge on any atom is 0.326 e. The third-order valence-electron chi connectivity index (χ3n) is 4.89. The van der Waals surface area contributed by atoms with Crippen molar-refractivity contribution in [1.29, 1.82) is 0 Å². The zero-order valence-corrected chi connectivity index (χ0v) is 18.6. The Labute approximate surface area is 187 Å². The van der Waals surface area contributed by atoms with Crippen molar-refractivity contribution in [2.24, 2.45) is 5.92 Å². The molecule has 2 aromatic carbocycles. The molecule has 0 aromatic heterocycles. The fourth-order valence-corrected chi connectivity index (χ4v) is 3.37. The van der Waals surface area contributed by atoms with Crippen LogP contribution in [0.25, 0.3) is 11.1 Å². The molecule has 0 aliphatic rings. The molecule has 0 spiro atoms. The Morgan fingerprint density at radius 2 is 1.75 bits per heavy atom. The average Bonchev–Trinajstić information content (AvgIpc) is 2.76. The predicted octanol–water partition coefficient (Wildman–Crippen LogP) is 3.50. The molecule has 2 aromatic rings. The van der Waals surface area contributed by atoms with E-state index in [0.717, 1.165) is 11.1 Å². The van der Waals surface area contributed by atoms with Crippen LogP contribution in [-0.2, 0) is 16.0 Å². The number of hydrogen-bond acceptors (Lipinski definition) is 4. The van der Waals surface area contributed by atoms with Gasteiger partial charge in [-0.2, -0.15) is 0 Å². The normalized spacial score (nSPS) is 11.6. The summed E-state index contributed by atoms with van der Waals surface area (Å²) in [5.41, 5.74) is 2.48. The molecule has 2 amide bonds. The van der Waals surface area contributed by atoms with Crippen LogP contribution >= 0.6 is 0 Å². The Hall–Kier alpha value is -3.55. The molecular formula is C24H30N2O6. The van der Waals surface area contributed by atoms with Gasteiger partial charge in [0.15, 0.2) is 0 Å². The molecule has 0 aliphatic carbocycles. The van der Waals surface area contributed by atoms with Crippen LogP contribution in [0.2, 0.25) is 0 Å². The van der Waals surface area contributed by atoms with E-state index in [0.29, 0.717) is 17.9 Å². The first kappa shape index (κ1) is 24.7. The largest absolute Gasteiger partial charge is 0.497 e. The molecule has 0 heterocycles. The molecule has 8 nitrogen and oxygen atoms in total. The third-order valence-corrected chi connectivity index (χ3v) is 4.89. The van der Waals surface area contributed by atoms with Crippen LogP contribution in [0.5, 0.6) is 5.75 Å². The number of benzene rings is 2. The van der Waals surface area contributed by atoms with Crippen LogP contribution in [0, 0.1) is 5.92 Å². The van der Waals surface area contributed by atoms with Gasteiger partial charge in [0.05, 0.1) is 13.5 Å². The number of nitrogens with zero attached hydrogens (tertiary/aromatic N) is 1. The number of carboxylic acids is 2. The Kier molecular flexibility index (Phi) is 9.07. The summed E-state index contributed by atoms with van der Waals surface area (Å²) < 4.78 is 5.31. The van der Waals surface area contributed by atoms with E-state index in [4.69, 9.17) is 9.84 Å². The molecule has 0 saturated heterocycles. The van der Waals surface area contributed by atoms with Gasteiger partial charge < -0.3 is 25.2 Å². The number of urea groups is 1. The standard InChI is InChI=1S/C24H30N2O6/c1-16(2)15-26(12-11-22(27)28)24(31)25-21(23(29)30)14-18-13-19(32-3)9-10-20(18)17-7-5-4-6-8-17/h4-10,13,16,21H,11-12,14-15H2,1-3H3,(H,25,31)(H,27,28)(H,29,30)/t21-/m0/s1. The fourth-order valence-electron chi connectivity index (χ4n) is 3.37. The second-order valence-electron chi connectivity index (χ2n) is 7.92. The predicted molar refractivity (Wildman–Crippen MR) is 121 cm³/mol. The van der Waals surface area contributed by atoms with E-state index >= 15 is 0 Å². The third kappa shape index (κ3) is 7.30.